The highest BCUT2D eigenvalue weighted by Crippen LogP contribution is 2.09. The Bertz CT molecular complexity index is 211. The van der Waals surface area contributed by atoms with Crippen LogP contribution in [0.3, 0.4) is 0 Å². The summed E-state index contributed by atoms with van der Waals surface area (Å²) >= 11 is 0. The molecule has 2 rings (SSSR count). The summed E-state index contributed by atoms with van der Waals surface area (Å²) in [5.74, 6) is 0. The fraction of sp³-hybridized carbons (Fsp3) is 1.00. The summed E-state index contributed by atoms with van der Waals surface area (Å²) in [5, 5.41) is 3.57. The van der Waals surface area contributed by atoms with E-state index in [0.29, 0.717) is 6.04 Å². The second kappa shape index (κ2) is 8.10. The van der Waals surface area contributed by atoms with Crippen LogP contribution >= 0.6 is 0 Å². The SMILES string of the molecule is CN1CCN(CCOCCC2CCCCN2)CC1. The van der Waals surface area contributed by atoms with E-state index < -0.39 is 0 Å². The van der Waals surface area contributed by atoms with E-state index in [1.54, 1.807) is 0 Å². The zero-order chi connectivity index (χ0) is 12.6. The Morgan fingerprint density at radius 1 is 1.11 bits per heavy atom. The Labute approximate surface area is 112 Å². The van der Waals surface area contributed by atoms with Crippen LogP contribution in [0, 0.1) is 0 Å². The Morgan fingerprint density at radius 3 is 2.67 bits per heavy atom. The zero-order valence-corrected chi connectivity index (χ0v) is 11.9. The van der Waals surface area contributed by atoms with E-state index in [0.717, 1.165) is 19.8 Å². The molecule has 0 aromatic carbocycles. The van der Waals surface area contributed by atoms with E-state index in [9.17, 15) is 0 Å². The highest BCUT2D eigenvalue weighted by molar-refractivity contribution is 4.72. The Morgan fingerprint density at radius 2 is 1.94 bits per heavy atom. The molecule has 0 spiro atoms. The third-order valence-electron chi connectivity index (χ3n) is 4.17. The minimum Gasteiger partial charge on any atom is -0.380 e. The molecule has 2 aliphatic heterocycles. The van der Waals surface area contributed by atoms with Crippen molar-refractivity contribution in [1.82, 2.24) is 15.1 Å². The highest BCUT2D eigenvalue weighted by atomic mass is 16.5. The molecular weight excluding hydrogens is 226 g/mol. The van der Waals surface area contributed by atoms with Gasteiger partial charge in [-0.3, -0.25) is 4.90 Å². The molecule has 1 unspecified atom stereocenters. The number of piperazine rings is 1. The first kappa shape index (κ1) is 14.3. The maximum absolute atomic E-state index is 5.77. The molecule has 0 bridgehead atoms. The summed E-state index contributed by atoms with van der Waals surface area (Å²) in [6.45, 7) is 8.92. The molecule has 0 amide bonds. The molecule has 1 atom stereocenters. The topological polar surface area (TPSA) is 27.7 Å². The molecule has 2 aliphatic rings. The number of piperidine rings is 1. The summed E-state index contributed by atoms with van der Waals surface area (Å²) in [5.41, 5.74) is 0. The molecule has 2 saturated heterocycles. The van der Waals surface area contributed by atoms with E-state index in [1.165, 1.54) is 58.4 Å². The Kier molecular flexibility index (Phi) is 6.41. The fourth-order valence-corrected chi connectivity index (χ4v) is 2.76. The molecule has 2 heterocycles. The van der Waals surface area contributed by atoms with Crippen molar-refractivity contribution in [3.05, 3.63) is 0 Å². The van der Waals surface area contributed by atoms with Gasteiger partial charge in [0.05, 0.1) is 6.61 Å². The zero-order valence-electron chi connectivity index (χ0n) is 11.9. The van der Waals surface area contributed by atoms with E-state index >= 15 is 0 Å². The highest BCUT2D eigenvalue weighted by Gasteiger charge is 2.14. The van der Waals surface area contributed by atoms with E-state index in [1.807, 2.05) is 0 Å². The van der Waals surface area contributed by atoms with Gasteiger partial charge in [-0.2, -0.15) is 0 Å². The number of hydrogen-bond acceptors (Lipinski definition) is 4. The van der Waals surface area contributed by atoms with Crippen molar-refractivity contribution in [2.75, 3.05) is 59.5 Å². The van der Waals surface area contributed by atoms with Crippen molar-refractivity contribution in [3.8, 4) is 0 Å². The minimum atomic E-state index is 0.711. The summed E-state index contributed by atoms with van der Waals surface area (Å²) in [4.78, 5) is 4.91. The lowest BCUT2D eigenvalue weighted by Crippen LogP contribution is -2.45. The molecule has 18 heavy (non-hydrogen) atoms. The third kappa shape index (κ3) is 5.22. The van der Waals surface area contributed by atoms with Crippen LogP contribution in [0.4, 0.5) is 0 Å². The van der Waals surface area contributed by atoms with Gasteiger partial charge in [-0.05, 0) is 32.9 Å². The van der Waals surface area contributed by atoms with Gasteiger partial charge >= 0.3 is 0 Å². The third-order valence-corrected chi connectivity index (χ3v) is 4.17. The number of nitrogens with one attached hydrogen (secondary N) is 1. The van der Waals surface area contributed by atoms with E-state index in [-0.39, 0.29) is 0 Å². The van der Waals surface area contributed by atoms with E-state index in [2.05, 4.69) is 22.2 Å². The molecule has 0 saturated carbocycles. The maximum Gasteiger partial charge on any atom is 0.0593 e. The van der Waals surface area contributed by atoms with Crippen LogP contribution in [0.5, 0.6) is 0 Å². The molecule has 2 fully saturated rings. The first-order chi connectivity index (χ1) is 8.84. The van der Waals surface area contributed by atoms with Crippen LogP contribution in [-0.2, 0) is 4.74 Å². The van der Waals surface area contributed by atoms with Crippen LogP contribution in [0.1, 0.15) is 25.7 Å². The quantitative estimate of drug-likeness (QED) is 0.710. The molecule has 0 aliphatic carbocycles. The van der Waals surface area contributed by atoms with Gasteiger partial charge in [0.1, 0.15) is 0 Å². The molecule has 1 N–H and O–H groups in total. The smallest absolute Gasteiger partial charge is 0.0593 e. The van der Waals surface area contributed by atoms with Gasteiger partial charge in [-0.1, -0.05) is 6.42 Å². The van der Waals surface area contributed by atoms with Crippen molar-refractivity contribution in [2.45, 2.75) is 31.7 Å². The molecule has 106 valence electrons. The average molecular weight is 255 g/mol. The lowest BCUT2D eigenvalue weighted by molar-refractivity contribution is 0.0761. The number of nitrogens with zero attached hydrogens (tertiary/aromatic N) is 2. The van der Waals surface area contributed by atoms with Gasteiger partial charge in [0.25, 0.3) is 0 Å². The molecular formula is C14H29N3O. The van der Waals surface area contributed by atoms with Crippen molar-refractivity contribution in [1.29, 1.82) is 0 Å². The Balaban J connectivity index is 1.43. The molecule has 4 nitrogen and oxygen atoms in total. The van der Waals surface area contributed by atoms with Crippen LogP contribution in [-0.4, -0.2) is 75.4 Å². The fourth-order valence-electron chi connectivity index (χ4n) is 2.76. The maximum atomic E-state index is 5.77. The first-order valence-corrected chi connectivity index (χ1v) is 7.56. The monoisotopic (exact) mass is 255 g/mol. The summed E-state index contributed by atoms with van der Waals surface area (Å²) in [6.07, 6.45) is 5.25. The summed E-state index contributed by atoms with van der Waals surface area (Å²) in [6, 6.07) is 0.711. The lowest BCUT2D eigenvalue weighted by Gasteiger charge is -2.32. The van der Waals surface area contributed by atoms with Gasteiger partial charge < -0.3 is 15.0 Å². The minimum absolute atomic E-state index is 0.711. The Hall–Kier alpha value is -0.160. The lowest BCUT2D eigenvalue weighted by atomic mass is 10.0. The second-order valence-corrected chi connectivity index (χ2v) is 5.69. The van der Waals surface area contributed by atoms with Gasteiger partial charge in [0.15, 0.2) is 0 Å². The standard InChI is InChI=1S/C14H29N3O/c1-16-7-9-17(10-8-16)11-13-18-12-5-14-4-2-3-6-15-14/h14-15H,2-13H2,1H3. The summed E-state index contributed by atoms with van der Waals surface area (Å²) in [7, 11) is 2.20. The normalized spacial score (nSPS) is 27.5. The number of hydrogen-bond donors (Lipinski definition) is 1. The van der Waals surface area contributed by atoms with Crippen LogP contribution in [0.25, 0.3) is 0 Å². The van der Waals surface area contributed by atoms with E-state index in [4.69, 9.17) is 4.74 Å². The molecule has 0 aromatic rings. The van der Waals surface area contributed by atoms with Crippen molar-refractivity contribution < 1.29 is 4.74 Å². The molecule has 4 heteroatoms. The largest absolute Gasteiger partial charge is 0.380 e. The average Bonchev–Trinajstić information content (AvgIpc) is 2.42. The molecule has 0 aromatic heterocycles. The summed E-state index contributed by atoms with van der Waals surface area (Å²) < 4.78 is 5.77. The predicted octanol–water partition coefficient (Wildman–Crippen LogP) is 0.783. The first-order valence-electron chi connectivity index (χ1n) is 7.56. The number of rotatable bonds is 6. The number of ether oxygens (including phenoxy) is 1. The van der Waals surface area contributed by atoms with Crippen molar-refractivity contribution >= 4 is 0 Å². The number of likely N-dealkylation sites (N-methyl/N-ethyl adjacent to an activating group) is 1. The predicted molar refractivity (Wildman–Crippen MR) is 75.0 cm³/mol. The molecule has 0 radical (unpaired) electrons. The van der Waals surface area contributed by atoms with Crippen LogP contribution in [0.2, 0.25) is 0 Å². The van der Waals surface area contributed by atoms with Gasteiger partial charge in [-0.15, -0.1) is 0 Å². The second-order valence-electron chi connectivity index (χ2n) is 5.69. The van der Waals surface area contributed by atoms with Crippen molar-refractivity contribution in [3.63, 3.8) is 0 Å². The van der Waals surface area contributed by atoms with Gasteiger partial charge in [-0.25, -0.2) is 0 Å². The van der Waals surface area contributed by atoms with Crippen LogP contribution in [0.15, 0.2) is 0 Å². The van der Waals surface area contributed by atoms with Gasteiger partial charge in [0.2, 0.25) is 0 Å². The van der Waals surface area contributed by atoms with Crippen molar-refractivity contribution in [2.24, 2.45) is 0 Å². The van der Waals surface area contributed by atoms with Crippen LogP contribution < -0.4 is 5.32 Å². The van der Waals surface area contributed by atoms with Gasteiger partial charge in [0, 0.05) is 45.4 Å².